The molecule has 7 N–H and O–H groups in total. The molecule has 0 saturated heterocycles. The van der Waals surface area contributed by atoms with Crippen LogP contribution in [0.1, 0.15) is 19.4 Å². The van der Waals surface area contributed by atoms with Crippen LogP contribution in [0.15, 0.2) is 30.3 Å². The second-order valence-electron chi connectivity index (χ2n) is 6.34. The van der Waals surface area contributed by atoms with Crippen LogP contribution in [0, 0.1) is 0 Å². The standard InChI is InChI=1S/C18H26N4O6/c1-10(20-16(25)13(19)9-23)15(24)22-14(8-12-6-4-3-5-7-12)17(26)21-11(2)18(27)28/h3-7,10-11,13-14,23H,8-9,19H2,1-2H3,(H,20,25)(H,21,26)(H,22,24)(H,27,28). The number of aliphatic carboxylic acids is 1. The van der Waals surface area contributed by atoms with Crippen molar-refractivity contribution >= 4 is 23.7 Å². The molecule has 0 radical (unpaired) electrons. The lowest BCUT2D eigenvalue weighted by Gasteiger charge is -2.23. The van der Waals surface area contributed by atoms with Crippen LogP contribution < -0.4 is 21.7 Å². The SMILES string of the molecule is CC(NC(=O)C(Cc1ccccc1)NC(=O)C(C)NC(=O)C(N)CO)C(=O)O. The van der Waals surface area contributed by atoms with Gasteiger partial charge >= 0.3 is 5.97 Å². The molecule has 4 unspecified atom stereocenters. The summed E-state index contributed by atoms with van der Waals surface area (Å²) in [6.07, 6.45) is 0.127. The molecule has 10 heteroatoms. The van der Waals surface area contributed by atoms with Crippen molar-refractivity contribution < 1.29 is 29.4 Å². The number of carbonyl (C=O) groups is 4. The molecule has 28 heavy (non-hydrogen) atoms. The number of hydrogen-bond acceptors (Lipinski definition) is 6. The van der Waals surface area contributed by atoms with Crippen LogP contribution in [0.2, 0.25) is 0 Å². The van der Waals surface area contributed by atoms with E-state index in [1.54, 1.807) is 30.3 Å². The van der Waals surface area contributed by atoms with Gasteiger partial charge in [0.25, 0.3) is 0 Å². The molecule has 0 aromatic heterocycles. The van der Waals surface area contributed by atoms with E-state index in [1.165, 1.54) is 13.8 Å². The van der Waals surface area contributed by atoms with Crippen LogP contribution in [-0.2, 0) is 25.6 Å². The Hall–Kier alpha value is -2.98. The van der Waals surface area contributed by atoms with Crippen LogP contribution in [-0.4, -0.2) is 64.7 Å². The number of aliphatic hydroxyl groups is 1. The van der Waals surface area contributed by atoms with Crippen molar-refractivity contribution in [2.75, 3.05) is 6.61 Å². The monoisotopic (exact) mass is 394 g/mol. The summed E-state index contributed by atoms with van der Waals surface area (Å²) in [5, 5.41) is 25.0. The number of carboxylic acids is 1. The summed E-state index contributed by atoms with van der Waals surface area (Å²) in [5.41, 5.74) is 6.14. The Bertz CT molecular complexity index is 697. The van der Waals surface area contributed by atoms with Gasteiger partial charge < -0.3 is 31.9 Å². The molecular weight excluding hydrogens is 368 g/mol. The highest BCUT2D eigenvalue weighted by Gasteiger charge is 2.27. The van der Waals surface area contributed by atoms with Gasteiger partial charge in [0.2, 0.25) is 17.7 Å². The predicted molar refractivity (Wildman–Crippen MR) is 100.0 cm³/mol. The lowest BCUT2D eigenvalue weighted by atomic mass is 10.0. The van der Waals surface area contributed by atoms with Gasteiger partial charge in [-0.3, -0.25) is 19.2 Å². The van der Waals surface area contributed by atoms with E-state index in [4.69, 9.17) is 15.9 Å². The normalized spacial score (nSPS) is 14.9. The lowest BCUT2D eigenvalue weighted by Crippen LogP contribution is -2.56. The van der Waals surface area contributed by atoms with Gasteiger partial charge in [-0.2, -0.15) is 0 Å². The average Bonchev–Trinajstić information content (AvgIpc) is 2.67. The van der Waals surface area contributed by atoms with Crippen LogP contribution >= 0.6 is 0 Å². The summed E-state index contributed by atoms with van der Waals surface area (Å²) in [4.78, 5) is 47.5. The smallest absolute Gasteiger partial charge is 0.325 e. The summed E-state index contributed by atoms with van der Waals surface area (Å²) < 4.78 is 0. The van der Waals surface area contributed by atoms with Crippen molar-refractivity contribution in [2.45, 2.75) is 44.4 Å². The molecule has 4 atom stereocenters. The van der Waals surface area contributed by atoms with Crippen molar-refractivity contribution in [1.29, 1.82) is 0 Å². The third-order valence-corrected chi connectivity index (χ3v) is 3.93. The van der Waals surface area contributed by atoms with Crippen LogP contribution in [0.4, 0.5) is 0 Å². The van der Waals surface area contributed by atoms with E-state index in [1.807, 2.05) is 0 Å². The summed E-state index contributed by atoms with van der Waals surface area (Å²) >= 11 is 0. The molecule has 0 aliphatic heterocycles. The zero-order valence-electron chi connectivity index (χ0n) is 15.7. The zero-order chi connectivity index (χ0) is 21.3. The first-order valence-corrected chi connectivity index (χ1v) is 8.70. The molecule has 1 aromatic rings. The van der Waals surface area contributed by atoms with E-state index in [2.05, 4.69) is 16.0 Å². The third kappa shape index (κ3) is 7.33. The van der Waals surface area contributed by atoms with E-state index in [9.17, 15) is 19.2 Å². The Morgan fingerprint density at radius 3 is 2.04 bits per heavy atom. The van der Waals surface area contributed by atoms with E-state index in [-0.39, 0.29) is 6.42 Å². The first kappa shape index (κ1) is 23.1. The highest BCUT2D eigenvalue weighted by molar-refractivity contribution is 5.94. The topological polar surface area (TPSA) is 171 Å². The predicted octanol–water partition coefficient (Wildman–Crippen LogP) is -1.87. The van der Waals surface area contributed by atoms with Crippen LogP contribution in [0.5, 0.6) is 0 Å². The number of rotatable bonds is 10. The van der Waals surface area contributed by atoms with Gasteiger partial charge in [0.15, 0.2) is 0 Å². The minimum atomic E-state index is -1.21. The maximum Gasteiger partial charge on any atom is 0.325 e. The van der Waals surface area contributed by atoms with Gasteiger partial charge in [-0.25, -0.2) is 0 Å². The maximum absolute atomic E-state index is 12.5. The molecule has 1 rings (SSSR count). The van der Waals surface area contributed by atoms with Crippen LogP contribution in [0.25, 0.3) is 0 Å². The fraction of sp³-hybridized carbons (Fsp3) is 0.444. The molecule has 0 heterocycles. The molecule has 0 spiro atoms. The zero-order valence-corrected chi connectivity index (χ0v) is 15.7. The maximum atomic E-state index is 12.5. The van der Waals surface area contributed by atoms with Crippen molar-refractivity contribution in [3.63, 3.8) is 0 Å². The van der Waals surface area contributed by atoms with E-state index >= 15 is 0 Å². The Balaban J connectivity index is 2.85. The molecule has 10 nitrogen and oxygen atoms in total. The Labute approximate surface area is 162 Å². The van der Waals surface area contributed by atoms with Crippen molar-refractivity contribution in [2.24, 2.45) is 5.73 Å². The highest BCUT2D eigenvalue weighted by atomic mass is 16.4. The molecule has 0 saturated carbocycles. The summed E-state index contributed by atoms with van der Waals surface area (Å²) in [6, 6.07) is 4.48. The molecule has 0 fully saturated rings. The number of amides is 3. The van der Waals surface area contributed by atoms with E-state index in [0.29, 0.717) is 0 Å². The molecule has 1 aromatic carbocycles. The third-order valence-electron chi connectivity index (χ3n) is 3.93. The minimum Gasteiger partial charge on any atom is -0.480 e. The van der Waals surface area contributed by atoms with Gasteiger partial charge in [0, 0.05) is 6.42 Å². The number of carbonyl (C=O) groups excluding carboxylic acids is 3. The Morgan fingerprint density at radius 2 is 1.50 bits per heavy atom. The van der Waals surface area contributed by atoms with Crippen LogP contribution in [0.3, 0.4) is 0 Å². The fourth-order valence-corrected chi connectivity index (χ4v) is 2.20. The first-order valence-electron chi connectivity index (χ1n) is 8.70. The second-order valence-corrected chi connectivity index (χ2v) is 6.34. The highest BCUT2D eigenvalue weighted by Crippen LogP contribution is 2.04. The van der Waals surface area contributed by atoms with Crippen molar-refractivity contribution in [3.05, 3.63) is 35.9 Å². The number of hydrogen-bond donors (Lipinski definition) is 6. The van der Waals surface area contributed by atoms with Gasteiger partial charge in [-0.1, -0.05) is 30.3 Å². The van der Waals surface area contributed by atoms with Gasteiger partial charge in [-0.15, -0.1) is 0 Å². The van der Waals surface area contributed by atoms with Gasteiger partial charge in [-0.05, 0) is 19.4 Å². The molecule has 0 bridgehead atoms. The number of aliphatic hydroxyl groups excluding tert-OH is 1. The lowest BCUT2D eigenvalue weighted by molar-refractivity contribution is -0.141. The molecule has 3 amide bonds. The molecule has 0 aliphatic carbocycles. The quantitative estimate of drug-likeness (QED) is 0.270. The summed E-state index contributed by atoms with van der Waals surface area (Å²) in [7, 11) is 0. The number of nitrogens with one attached hydrogen (secondary N) is 3. The largest absolute Gasteiger partial charge is 0.480 e. The number of carboxylic acid groups (broad SMARTS) is 1. The van der Waals surface area contributed by atoms with E-state index in [0.717, 1.165) is 5.56 Å². The van der Waals surface area contributed by atoms with E-state index < -0.39 is 54.5 Å². The Kier molecular flexibility index (Phi) is 9.06. The van der Waals surface area contributed by atoms with Crippen molar-refractivity contribution in [3.8, 4) is 0 Å². The summed E-state index contributed by atoms with van der Waals surface area (Å²) in [6.45, 7) is 2.13. The molecule has 0 aliphatic rings. The fourth-order valence-electron chi connectivity index (χ4n) is 2.20. The summed E-state index contributed by atoms with van der Waals surface area (Å²) in [5.74, 6) is -3.25. The number of nitrogens with two attached hydrogens (primary N) is 1. The van der Waals surface area contributed by atoms with Crippen molar-refractivity contribution in [1.82, 2.24) is 16.0 Å². The van der Waals surface area contributed by atoms with Gasteiger partial charge in [0.1, 0.15) is 24.2 Å². The average molecular weight is 394 g/mol. The van der Waals surface area contributed by atoms with Gasteiger partial charge in [0.05, 0.1) is 6.61 Å². The molecule has 154 valence electrons. The molecular formula is C18H26N4O6. The first-order chi connectivity index (χ1) is 13.1. The Morgan fingerprint density at radius 1 is 0.929 bits per heavy atom. The minimum absolute atomic E-state index is 0.127. The number of benzene rings is 1. The second kappa shape index (κ2) is 11.0.